The second kappa shape index (κ2) is 8.64. The van der Waals surface area contributed by atoms with Crippen LogP contribution in [0.25, 0.3) is 5.70 Å². The average molecular weight is 372 g/mol. The molecule has 1 aliphatic rings. The molecule has 0 bridgehead atoms. The SMILES string of the molecule is C/C=N\N/C(=C\N(C)N[C@H]1CCOc2ccccc21)c1c(F)cccc1F. The molecule has 142 valence electrons. The molecular formula is C20H22F2N4O. The van der Waals surface area contributed by atoms with Gasteiger partial charge in [-0.25, -0.2) is 14.2 Å². The largest absolute Gasteiger partial charge is 0.493 e. The molecule has 2 N–H and O–H groups in total. The van der Waals surface area contributed by atoms with Gasteiger partial charge in [-0.1, -0.05) is 24.3 Å². The number of para-hydroxylation sites is 1. The van der Waals surface area contributed by atoms with E-state index in [4.69, 9.17) is 4.74 Å². The van der Waals surface area contributed by atoms with E-state index in [9.17, 15) is 8.78 Å². The minimum atomic E-state index is -0.662. The fourth-order valence-corrected chi connectivity index (χ4v) is 2.99. The van der Waals surface area contributed by atoms with E-state index in [1.165, 1.54) is 24.4 Å². The molecule has 0 saturated heterocycles. The molecule has 0 fully saturated rings. The second-order valence-electron chi connectivity index (χ2n) is 6.11. The summed E-state index contributed by atoms with van der Waals surface area (Å²) in [6, 6.07) is 11.6. The summed E-state index contributed by atoms with van der Waals surface area (Å²) in [6.45, 7) is 2.31. The first-order valence-corrected chi connectivity index (χ1v) is 8.70. The van der Waals surface area contributed by atoms with Crippen LogP contribution in [-0.4, -0.2) is 24.9 Å². The Morgan fingerprint density at radius 1 is 1.19 bits per heavy atom. The molecule has 5 nitrogen and oxygen atoms in total. The minimum absolute atomic E-state index is 0.0255. The Balaban J connectivity index is 1.85. The number of rotatable bonds is 6. The first-order valence-electron chi connectivity index (χ1n) is 8.70. The van der Waals surface area contributed by atoms with Crippen LogP contribution >= 0.6 is 0 Å². The predicted molar refractivity (Wildman–Crippen MR) is 102 cm³/mol. The smallest absolute Gasteiger partial charge is 0.135 e. The minimum Gasteiger partial charge on any atom is -0.493 e. The summed E-state index contributed by atoms with van der Waals surface area (Å²) in [5.74, 6) is -0.484. The molecule has 7 heteroatoms. The third-order valence-corrected chi connectivity index (χ3v) is 4.19. The van der Waals surface area contributed by atoms with Gasteiger partial charge >= 0.3 is 0 Å². The van der Waals surface area contributed by atoms with E-state index in [1.54, 1.807) is 25.2 Å². The number of halogens is 2. The quantitative estimate of drug-likeness (QED) is 0.598. The topological polar surface area (TPSA) is 48.9 Å². The van der Waals surface area contributed by atoms with Gasteiger partial charge in [0.2, 0.25) is 0 Å². The number of fused-ring (bicyclic) bond motifs is 1. The first-order chi connectivity index (χ1) is 13.1. The molecule has 1 atom stereocenters. The van der Waals surface area contributed by atoms with Gasteiger partial charge in [-0.15, -0.1) is 0 Å². The molecule has 0 unspecified atom stereocenters. The van der Waals surface area contributed by atoms with Crippen LogP contribution in [0.15, 0.2) is 53.8 Å². The number of hydrazine groups is 1. The number of hydrogen-bond acceptors (Lipinski definition) is 5. The van der Waals surface area contributed by atoms with E-state index in [0.29, 0.717) is 6.61 Å². The molecule has 0 saturated carbocycles. The van der Waals surface area contributed by atoms with Crippen LogP contribution < -0.4 is 15.6 Å². The molecule has 1 aliphatic heterocycles. The number of hydrogen-bond donors (Lipinski definition) is 2. The fraction of sp³-hybridized carbons (Fsp3) is 0.250. The molecule has 0 aromatic heterocycles. The monoisotopic (exact) mass is 372 g/mol. The van der Waals surface area contributed by atoms with Crippen molar-refractivity contribution in [3.8, 4) is 5.75 Å². The number of ether oxygens (including phenoxy) is 1. The van der Waals surface area contributed by atoms with E-state index in [1.807, 2.05) is 24.3 Å². The molecule has 0 spiro atoms. The second-order valence-corrected chi connectivity index (χ2v) is 6.11. The van der Waals surface area contributed by atoms with Crippen LogP contribution in [0.3, 0.4) is 0 Å². The predicted octanol–water partition coefficient (Wildman–Crippen LogP) is 3.82. The van der Waals surface area contributed by atoms with Crippen molar-refractivity contribution in [1.82, 2.24) is 15.9 Å². The summed E-state index contributed by atoms with van der Waals surface area (Å²) < 4.78 is 34.1. The van der Waals surface area contributed by atoms with Crippen molar-refractivity contribution >= 4 is 11.9 Å². The van der Waals surface area contributed by atoms with Gasteiger partial charge < -0.3 is 9.75 Å². The van der Waals surface area contributed by atoms with Crippen molar-refractivity contribution in [2.24, 2.45) is 5.10 Å². The van der Waals surface area contributed by atoms with Crippen molar-refractivity contribution in [3.63, 3.8) is 0 Å². The van der Waals surface area contributed by atoms with Crippen LogP contribution in [0.2, 0.25) is 0 Å². The third kappa shape index (κ3) is 4.43. The summed E-state index contributed by atoms with van der Waals surface area (Å²) in [5, 5.41) is 5.59. The van der Waals surface area contributed by atoms with Gasteiger partial charge in [-0.2, -0.15) is 5.10 Å². The molecule has 27 heavy (non-hydrogen) atoms. The Labute approximate surface area is 157 Å². The maximum absolute atomic E-state index is 14.2. The molecule has 1 heterocycles. The number of nitrogens with one attached hydrogen (secondary N) is 2. The molecule has 2 aromatic rings. The lowest BCUT2D eigenvalue weighted by Gasteiger charge is -2.30. The van der Waals surface area contributed by atoms with Gasteiger partial charge in [0.05, 0.1) is 23.9 Å². The summed E-state index contributed by atoms with van der Waals surface area (Å²) in [7, 11) is 1.77. The van der Waals surface area contributed by atoms with Crippen LogP contribution in [0.4, 0.5) is 8.78 Å². The normalized spacial score (nSPS) is 16.7. The van der Waals surface area contributed by atoms with E-state index in [0.717, 1.165) is 17.7 Å². The highest BCUT2D eigenvalue weighted by Gasteiger charge is 2.22. The van der Waals surface area contributed by atoms with Gasteiger partial charge in [0, 0.05) is 31.4 Å². The highest BCUT2D eigenvalue weighted by molar-refractivity contribution is 5.65. The van der Waals surface area contributed by atoms with E-state index in [2.05, 4.69) is 16.0 Å². The Bertz CT molecular complexity index is 833. The van der Waals surface area contributed by atoms with Crippen molar-refractivity contribution < 1.29 is 13.5 Å². The molecule has 0 amide bonds. The number of hydrazone groups is 1. The Kier molecular flexibility index (Phi) is 6.03. The maximum Gasteiger partial charge on any atom is 0.135 e. The Morgan fingerprint density at radius 2 is 1.93 bits per heavy atom. The van der Waals surface area contributed by atoms with Crippen molar-refractivity contribution in [2.75, 3.05) is 13.7 Å². The van der Waals surface area contributed by atoms with Crippen molar-refractivity contribution in [1.29, 1.82) is 0 Å². The van der Waals surface area contributed by atoms with Gasteiger partial charge in [0.1, 0.15) is 17.4 Å². The summed E-state index contributed by atoms with van der Waals surface area (Å²) >= 11 is 0. The standard InChI is InChI=1S/C20H22F2N4O/c1-3-23-24-18(20-15(21)8-6-9-16(20)22)13-26(2)25-17-11-12-27-19-10-5-4-7-14(17)19/h3-10,13,17,24-25H,11-12H2,1-2H3/b18-13-,23-3-/t17-/m0/s1. The summed E-state index contributed by atoms with van der Waals surface area (Å²) in [4.78, 5) is 0. The molecule has 3 rings (SSSR count). The van der Waals surface area contributed by atoms with Gasteiger partial charge in [-0.3, -0.25) is 5.43 Å². The first kappa shape index (κ1) is 18.8. The Hall–Kier alpha value is -2.93. The van der Waals surface area contributed by atoms with Crippen LogP contribution in [-0.2, 0) is 0 Å². The zero-order valence-electron chi connectivity index (χ0n) is 15.2. The van der Waals surface area contributed by atoms with Crippen LogP contribution in [0, 0.1) is 11.6 Å². The lowest BCUT2D eigenvalue weighted by atomic mass is 10.0. The van der Waals surface area contributed by atoms with Gasteiger partial charge in [0.25, 0.3) is 0 Å². The molecule has 2 aromatic carbocycles. The Morgan fingerprint density at radius 3 is 2.67 bits per heavy atom. The highest BCUT2D eigenvalue weighted by Crippen LogP contribution is 2.31. The highest BCUT2D eigenvalue weighted by atomic mass is 19.1. The van der Waals surface area contributed by atoms with E-state index in [-0.39, 0.29) is 17.3 Å². The fourth-order valence-electron chi connectivity index (χ4n) is 2.99. The van der Waals surface area contributed by atoms with Crippen molar-refractivity contribution in [3.05, 3.63) is 71.4 Å². The van der Waals surface area contributed by atoms with Gasteiger partial charge in [-0.05, 0) is 25.1 Å². The zero-order chi connectivity index (χ0) is 19.2. The zero-order valence-corrected chi connectivity index (χ0v) is 15.2. The van der Waals surface area contributed by atoms with Crippen molar-refractivity contribution in [2.45, 2.75) is 19.4 Å². The average Bonchev–Trinajstić information content (AvgIpc) is 2.66. The maximum atomic E-state index is 14.2. The summed E-state index contributed by atoms with van der Waals surface area (Å²) in [6.07, 6.45) is 3.86. The van der Waals surface area contributed by atoms with E-state index >= 15 is 0 Å². The van der Waals surface area contributed by atoms with Crippen LogP contribution in [0.1, 0.15) is 30.5 Å². The molecule has 0 aliphatic carbocycles. The number of nitrogens with zero attached hydrogens (tertiary/aromatic N) is 2. The molecular weight excluding hydrogens is 350 g/mol. The number of benzene rings is 2. The lowest BCUT2D eigenvalue weighted by Crippen LogP contribution is -2.36. The third-order valence-electron chi connectivity index (χ3n) is 4.19. The lowest BCUT2D eigenvalue weighted by molar-refractivity contribution is 0.198. The molecule has 0 radical (unpaired) electrons. The summed E-state index contributed by atoms with van der Waals surface area (Å²) in [5.41, 5.74) is 7.12. The van der Waals surface area contributed by atoms with E-state index < -0.39 is 11.6 Å². The van der Waals surface area contributed by atoms with Crippen LogP contribution in [0.5, 0.6) is 5.75 Å². The van der Waals surface area contributed by atoms with Gasteiger partial charge in [0.15, 0.2) is 0 Å².